The van der Waals surface area contributed by atoms with E-state index in [2.05, 4.69) is 4.72 Å². The minimum absolute atomic E-state index is 0.0820. The van der Waals surface area contributed by atoms with Gasteiger partial charge in [-0.2, -0.15) is 17.4 Å². The topological polar surface area (TPSA) is 113 Å². The molecule has 0 unspecified atom stereocenters. The Morgan fingerprint density at radius 3 is 2.39 bits per heavy atom. The predicted octanol–water partition coefficient (Wildman–Crippen LogP) is -0.749. The number of carboxylic acids is 1. The van der Waals surface area contributed by atoms with Gasteiger partial charge in [-0.05, 0) is 25.7 Å². The van der Waals surface area contributed by atoms with Crippen LogP contribution in [0.25, 0.3) is 0 Å². The van der Waals surface area contributed by atoms with Crippen LogP contribution in [0.2, 0.25) is 0 Å². The minimum Gasteiger partial charge on any atom is -0.481 e. The van der Waals surface area contributed by atoms with E-state index in [4.69, 9.17) is 10.8 Å². The fourth-order valence-electron chi connectivity index (χ4n) is 2.14. The van der Waals surface area contributed by atoms with E-state index in [-0.39, 0.29) is 25.6 Å². The molecule has 0 amide bonds. The quantitative estimate of drug-likeness (QED) is 0.612. The molecule has 0 bridgehead atoms. The van der Waals surface area contributed by atoms with Crippen molar-refractivity contribution >= 4 is 16.2 Å². The maximum absolute atomic E-state index is 11.9. The highest BCUT2D eigenvalue weighted by molar-refractivity contribution is 7.87. The summed E-state index contributed by atoms with van der Waals surface area (Å²) in [6.45, 7) is 0.567. The average molecular weight is 277 g/mol. The molecule has 1 aliphatic heterocycles. The van der Waals surface area contributed by atoms with E-state index < -0.39 is 21.7 Å². The van der Waals surface area contributed by atoms with Crippen LogP contribution in [0.1, 0.15) is 32.1 Å². The van der Waals surface area contributed by atoms with Crippen LogP contribution in [-0.4, -0.2) is 48.5 Å². The van der Waals surface area contributed by atoms with Gasteiger partial charge in [0.25, 0.3) is 10.2 Å². The molecule has 2 fully saturated rings. The van der Waals surface area contributed by atoms with Crippen molar-refractivity contribution in [3.05, 3.63) is 0 Å². The Morgan fingerprint density at radius 2 is 1.94 bits per heavy atom. The Balaban J connectivity index is 1.91. The van der Waals surface area contributed by atoms with E-state index in [1.165, 1.54) is 4.31 Å². The number of nitrogens with one attached hydrogen (secondary N) is 1. The minimum atomic E-state index is -3.42. The lowest BCUT2D eigenvalue weighted by atomic mass is 9.86. The molecular weight excluding hydrogens is 258 g/mol. The van der Waals surface area contributed by atoms with Gasteiger partial charge in [0.1, 0.15) is 0 Å². The Kier molecular flexibility index (Phi) is 3.63. The van der Waals surface area contributed by atoms with Gasteiger partial charge >= 0.3 is 5.97 Å². The van der Waals surface area contributed by atoms with Crippen LogP contribution in [0.3, 0.4) is 0 Å². The number of hydrogen-bond acceptors (Lipinski definition) is 4. The van der Waals surface area contributed by atoms with E-state index in [1.807, 2.05) is 0 Å². The van der Waals surface area contributed by atoms with Gasteiger partial charge in [-0.25, -0.2) is 0 Å². The van der Waals surface area contributed by atoms with Crippen LogP contribution in [0.5, 0.6) is 0 Å². The molecule has 0 radical (unpaired) electrons. The molecule has 0 aromatic carbocycles. The maximum atomic E-state index is 11.9. The van der Waals surface area contributed by atoms with Crippen LogP contribution in [0.4, 0.5) is 0 Å². The standard InChI is InChI=1S/C10H19N3O4S/c11-10(7-9(14)15)3-5-13(6-4-10)18(16,17)12-8-1-2-8/h8,12H,1-7,11H2,(H,14,15). The monoisotopic (exact) mass is 277 g/mol. The zero-order valence-electron chi connectivity index (χ0n) is 10.1. The number of rotatable bonds is 5. The van der Waals surface area contributed by atoms with Crippen molar-refractivity contribution in [2.45, 2.75) is 43.7 Å². The summed E-state index contributed by atoms with van der Waals surface area (Å²) in [6, 6.07) is 0.0820. The van der Waals surface area contributed by atoms with Crippen molar-refractivity contribution in [3.63, 3.8) is 0 Å². The van der Waals surface area contributed by atoms with Crippen molar-refractivity contribution in [2.75, 3.05) is 13.1 Å². The average Bonchev–Trinajstić information content (AvgIpc) is 2.99. The van der Waals surface area contributed by atoms with Crippen LogP contribution < -0.4 is 10.5 Å². The molecule has 1 aliphatic carbocycles. The van der Waals surface area contributed by atoms with Gasteiger partial charge in [0.15, 0.2) is 0 Å². The number of piperidine rings is 1. The zero-order valence-corrected chi connectivity index (χ0v) is 10.9. The Hall–Kier alpha value is -0.700. The van der Waals surface area contributed by atoms with Crippen molar-refractivity contribution in [1.29, 1.82) is 0 Å². The highest BCUT2D eigenvalue weighted by Crippen LogP contribution is 2.26. The normalized spacial score (nSPS) is 24.9. The molecule has 2 rings (SSSR count). The van der Waals surface area contributed by atoms with E-state index >= 15 is 0 Å². The summed E-state index contributed by atoms with van der Waals surface area (Å²) in [5.74, 6) is -0.940. The van der Waals surface area contributed by atoms with Crippen molar-refractivity contribution < 1.29 is 18.3 Å². The lowest BCUT2D eigenvalue weighted by Crippen LogP contribution is -2.54. The number of nitrogens with two attached hydrogens (primary N) is 1. The first-order valence-corrected chi connectivity index (χ1v) is 7.53. The fraction of sp³-hybridized carbons (Fsp3) is 0.900. The van der Waals surface area contributed by atoms with E-state index in [9.17, 15) is 13.2 Å². The largest absolute Gasteiger partial charge is 0.481 e. The maximum Gasteiger partial charge on any atom is 0.305 e. The molecular formula is C10H19N3O4S. The van der Waals surface area contributed by atoms with Crippen LogP contribution in [-0.2, 0) is 15.0 Å². The number of carboxylic acid groups (broad SMARTS) is 1. The Bertz CT molecular complexity index is 424. The summed E-state index contributed by atoms with van der Waals surface area (Å²) < 4.78 is 27.8. The molecule has 0 spiro atoms. The molecule has 1 heterocycles. The first-order valence-electron chi connectivity index (χ1n) is 6.09. The van der Waals surface area contributed by atoms with E-state index in [0.29, 0.717) is 12.8 Å². The van der Waals surface area contributed by atoms with Crippen LogP contribution >= 0.6 is 0 Å². The summed E-state index contributed by atoms with van der Waals surface area (Å²) >= 11 is 0. The highest BCUT2D eigenvalue weighted by atomic mass is 32.2. The zero-order chi connectivity index (χ0) is 13.4. The van der Waals surface area contributed by atoms with Gasteiger partial charge < -0.3 is 10.8 Å². The SMILES string of the molecule is NC1(CC(=O)O)CCN(S(=O)(=O)NC2CC2)CC1. The first-order chi connectivity index (χ1) is 8.31. The van der Waals surface area contributed by atoms with Crippen molar-refractivity contribution in [3.8, 4) is 0 Å². The van der Waals surface area contributed by atoms with Crippen LogP contribution in [0, 0.1) is 0 Å². The van der Waals surface area contributed by atoms with E-state index in [1.54, 1.807) is 0 Å². The number of hydrogen-bond donors (Lipinski definition) is 3. The predicted molar refractivity (Wildman–Crippen MR) is 65.1 cm³/mol. The summed E-state index contributed by atoms with van der Waals surface area (Å²) in [4.78, 5) is 10.7. The van der Waals surface area contributed by atoms with Gasteiger partial charge in [0.2, 0.25) is 0 Å². The Labute approximate surface area is 107 Å². The molecule has 104 valence electrons. The summed E-state index contributed by atoms with van der Waals surface area (Å²) in [5.41, 5.74) is 5.18. The molecule has 1 saturated heterocycles. The second-order valence-electron chi connectivity index (χ2n) is 5.23. The molecule has 4 N–H and O–H groups in total. The number of carbonyl (C=O) groups is 1. The third-order valence-corrected chi connectivity index (χ3v) is 5.13. The highest BCUT2D eigenvalue weighted by Gasteiger charge is 2.38. The molecule has 2 aliphatic rings. The third kappa shape index (κ3) is 3.41. The second-order valence-corrected chi connectivity index (χ2v) is 6.93. The molecule has 0 aromatic heterocycles. The number of aliphatic carboxylic acids is 1. The summed E-state index contributed by atoms with van der Waals surface area (Å²) in [7, 11) is -3.42. The van der Waals surface area contributed by atoms with Gasteiger partial charge in [-0.1, -0.05) is 0 Å². The van der Waals surface area contributed by atoms with Gasteiger partial charge in [0.05, 0.1) is 6.42 Å². The van der Waals surface area contributed by atoms with Gasteiger partial charge in [-0.3, -0.25) is 4.79 Å². The molecule has 1 saturated carbocycles. The van der Waals surface area contributed by atoms with Gasteiger partial charge in [-0.15, -0.1) is 0 Å². The van der Waals surface area contributed by atoms with Crippen LogP contribution in [0.15, 0.2) is 0 Å². The molecule has 7 nitrogen and oxygen atoms in total. The Morgan fingerprint density at radius 1 is 1.39 bits per heavy atom. The summed E-state index contributed by atoms with van der Waals surface area (Å²) in [6.07, 6.45) is 2.44. The first kappa shape index (κ1) is 13.7. The molecule has 18 heavy (non-hydrogen) atoms. The lowest BCUT2D eigenvalue weighted by Gasteiger charge is -2.37. The lowest BCUT2D eigenvalue weighted by molar-refractivity contribution is -0.138. The van der Waals surface area contributed by atoms with Crippen molar-refractivity contribution in [1.82, 2.24) is 9.03 Å². The molecule has 0 aromatic rings. The second kappa shape index (κ2) is 4.76. The van der Waals surface area contributed by atoms with Gasteiger partial charge in [0, 0.05) is 24.7 Å². The molecule has 0 atom stereocenters. The van der Waals surface area contributed by atoms with Crippen molar-refractivity contribution in [2.24, 2.45) is 5.73 Å². The fourth-order valence-corrected chi connectivity index (χ4v) is 3.61. The van der Waals surface area contributed by atoms with E-state index in [0.717, 1.165) is 12.8 Å². The third-order valence-electron chi connectivity index (χ3n) is 3.45. The summed E-state index contributed by atoms with van der Waals surface area (Å²) in [5, 5.41) is 8.76. The molecule has 8 heteroatoms. The smallest absolute Gasteiger partial charge is 0.305 e. The number of nitrogens with zero attached hydrogens (tertiary/aromatic N) is 1.